The molecule has 6 heteroatoms. The lowest BCUT2D eigenvalue weighted by molar-refractivity contribution is -0.127. The lowest BCUT2D eigenvalue weighted by Gasteiger charge is -2.16. The molecule has 3 N–H and O–H groups in total. The highest BCUT2D eigenvalue weighted by atomic mass is 32.1. The number of benzene rings is 1. The summed E-state index contributed by atoms with van der Waals surface area (Å²) < 4.78 is 5.62. The molecular formula is C15H21N3O2S. The van der Waals surface area contributed by atoms with Crippen molar-refractivity contribution in [2.45, 2.75) is 26.9 Å². The molecule has 0 radical (unpaired) electrons. The van der Waals surface area contributed by atoms with E-state index < -0.39 is 6.10 Å². The molecule has 0 bridgehead atoms. The van der Waals surface area contributed by atoms with E-state index in [9.17, 15) is 4.79 Å². The molecule has 0 aliphatic carbocycles. The smallest absolute Gasteiger partial charge is 0.279 e. The van der Waals surface area contributed by atoms with Crippen LogP contribution in [-0.2, 0) is 4.79 Å². The first-order valence-electron chi connectivity index (χ1n) is 6.62. The standard InChI is InChI=1S/C15H21N3O2S/c1-5-6-16-15(21)18-17-14(19)12(4)20-13-8-10(2)7-11(3)9-13/h5,7-9,12H,1,6H2,2-4H3,(H,17,19)(H2,16,18,21)/t12-/m0/s1. The van der Waals surface area contributed by atoms with Crippen LogP contribution in [0.25, 0.3) is 0 Å². The van der Waals surface area contributed by atoms with Crippen molar-refractivity contribution in [2.24, 2.45) is 0 Å². The zero-order valence-electron chi connectivity index (χ0n) is 12.5. The Hall–Kier alpha value is -2.08. The fourth-order valence-electron chi connectivity index (χ4n) is 1.69. The van der Waals surface area contributed by atoms with Crippen molar-refractivity contribution in [1.29, 1.82) is 0 Å². The van der Waals surface area contributed by atoms with Crippen LogP contribution in [0.3, 0.4) is 0 Å². The van der Waals surface area contributed by atoms with E-state index in [1.54, 1.807) is 13.0 Å². The van der Waals surface area contributed by atoms with Crippen LogP contribution in [-0.4, -0.2) is 23.7 Å². The van der Waals surface area contributed by atoms with Gasteiger partial charge in [0.05, 0.1) is 0 Å². The van der Waals surface area contributed by atoms with Gasteiger partial charge in [0.15, 0.2) is 11.2 Å². The van der Waals surface area contributed by atoms with Gasteiger partial charge in [-0.2, -0.15) is 0 Å². The van der Waals surface area contributed by atoms with E-state index in [4.69, 9.17) is 17.0 Å². The van der Waals surface area contributed by atoms with Gasteiger partial charge in [-0.3, -0.25) is 15.6 Å². The second kappa shape index (κ2) is 8.26. The van der Waals surface area contributed by atoms with Gasteiger partial charge in [0.1, 0.15) is 5.75 Å². The second-order valence-corrected chi connectivity index (χ2v) is 5.10. The van der Waals surface area contributed by atoms with Crippen molar-refractivity contribution in [3.63, 3.8) is 0 Å². The molecule has 0 aliphatic rings. The van der Waals surface area contributed by atoms with E-state index >= 15 is 0 Å². The third-order valence-corrected chi connectivity index (χ3v) is 2.83. The largest absolute Gasteiger partial charge is 0.481 e. The van der Waals surface area contributed by atoms with Crippen LogP contribution in [0.4, 0.5) is 0 Å². The van der Waals surface area contributed by atoms with Crippen LogP contribution in [0.5, 0.6) is 5.75 Å². The molecule has 1 atom stereocenters. The molecule has 0 saturated heterocycles. The molecule has 0 spiro atoms. The third kappa shape index (κ3) is 6.27. The summed E-state index contributed by atoms with van der Waals surface area (Å²) in [6, 6.07) is 5.82. The molecule has 114 valence electrons. The van der Waals surface area contributed by atoms with Gasteiger partial charge in [-0.05, 0) is 56.2 Å². The molecule has 1 aromatic carbocycles. The van der Waals surface area contributed by atoms with E-state index in [0.717, 1.165) is 11.1 Å². The van der Waals surface area contributed by atoms with Gasteiger partial charge in [-0.15, -0.1) is 6.58 Å². The van der Waals surface area contributed by atoms with Gasteiger partial charge < -0.3 is 10.1 Å². The minimum Gasteiger partial charge on any atom is -0.481 e. The third-order valence-electron chi connectivity index (χ3n) is 2.58. The Morgan fingerprint density at radius 1 is 1.33 bits per heavy atom. The molecule has 0 aliphatic heterocycles. The van der Waals surface area contributed by atoms with E-state index in [1.165, 1.54) is 0 Å². The van der Waals surface area contributed by atoms with Gasteiger partial charge in [-0.1, -0.05) is 12.1 Å². The summed E-state index contributed by atoms with van der Waals surface area (Å²) >= 11 is 4.96. The van der Waals surface area contributed by atoms with Gasteiger partial charge in [0.2, 0.25) is 0 Å². The lowest BCUT2D eigenvalue weighted by atomic mass is 10.1. The fourth-order valence-corrected chi connectivity index (χ4v) is 1.82. The molecule has 1 amide bonds. The molecule has 0 aromatic heterocycles. The molecule has 1 rings (SSSR count). The maximum absolute atomic E-state index is 11.9. The molecule has 0 heterocycles. The van der Waals surface area contributed by atoms with Gasteiger partial charge >= 0.3 is 0 Å². The predicted octanol–water partition coefficient (Wildman–Crippen LogP) is 1.75. The van der Waals surface area contributed by atoms with Crippen LogP contribution in [0.2, 0.25) is 0 Å². The minimum absolute atomic E-state index is 0.308. The van der Waals surface area contributed by atoms with Crippen LogP contribution in [0.1, 0.15) is 18.1 Å². The molecular weight excluding hydrogens is 286 g/mol. The second-order valence-electron chi connectivity index (χ2n) is 4.70. The molecule has 0 saturated carbocycles. The maximum Gasteiger partial charge on any atom is 0.279 e. The Kier molecular flexibility index (Phi) is 6.68. The van der Waals surface area contributed by atoms with Crippen LogP contribution < -0.4 is 20.9 Å². The molecule has 21 heavy (non-hydrogen) atoms. The summed E-state index contributed by atoms with van der Waals surface area (Å²) in [5.41, 5.74) is 7.27. The lowest BCUT2D eigenvalue weighted by Crippen LogP contribution is -2.50. The van der Waals surface area contributed by atoms with Crippen LogP contribution in [0.15, 0.2) is 30.9 Å². The number of carbonyl (C=O) groups excluding carboxylic acids is 1. The Morgan fingerprint density at radius 3 is 2.52 bits per heavy atom. The number of thiocarbonyl (C=S) groups is 1. The first-order chi connectivity index (χ1) is 9.92. The van der Waals surface area contributed by atoms with E-state index in [2.05, 4.69) is 22.7 Å². The summed E-state index contributed by atoms with van der Waals surface area (Å²) in [6.45, 7) is 9.72. The topological polar surface area (TPSA) is 62.4 Å². The fraction of sp³-hybridized carbons (Fsp3) is 0.333. The van der Waals surface area contributed by atoms with Crippen molar-refractivity contribution in [1.82, 2.24) is 16.2 Å². The van der Waals surface area contributed by atoms with E-state index in [-0.39, 0.29) is 5.91 Å². The average Bonchev–Trinajstić information content (AvgIpc) is 2.41. The maximum atomic E-state index is 11.9. The van der Waals surface area contributed by atoms with Gasteiger partial charge in [-0.25, -0.2) is 0 Å². The number of hydrogen-bond acceptors (Lipinski definition) is 3. The normalized spacial score (nSPS) is 11.2. The number of nitrogens with one attached hydrogen (secondary N) is 3. The Morgan fingerprint density at radius 2 is 1.95 bits per heavy atom. The quantitative estimate of drug-likeness (QED) is 0.439. The molecule has 0 unspecified atom stereocenters. The van der Waals surface area contributed by atoms with Crippen molar-refractivity contribution < 1.29 is 9.53 Å². The SMILES string of the molecule is C=CCNC(=S)NNC(=O)[C@H](C)Oc1cc(C)cc(C)c1. The highest BCUT2D eigenvalue weighted by Gasteiger charge is 2.14. The summed E-state index contributed by atoms with van der Waals surface area (Å²) in [5.74, 6) is 0.361. The van der Waals surface area contributed by atoms with Crippen molar-refractivity contribution in [2.75, 3.05) is 6.54 Å². The minimum atomic E-state index is -0.638. The number of aryl methyl sites for hydroxylation is 2. The number of rotatable bonds is 5. The first-order valence-corrected chi connectivity index (χ1v) is 7.02. The monoisotopic (exact) mass is 307 g/mol. The molecule has 1 aromatic rings. The highest BCUT2D eigenvalue weighted by molar-refractivity contribution is 7.80. The highest BCUT2D eigenvalue weighted by Crippen LogP contribution is 2.17. The summed E-state index contributed by atoms with van der Waals surface area (Å²) in [7, 11) is 0. The van der Waals surface area contributed by atoms with Gasteiger partial charge in [0.25, 0.3) is 5.91 Å². The Labute approximate surface area is 130 Å². The number of hydrazine groups is 1. The van der Waals surface area contributed by atoms with E-state index in [1.807, 2.05) is 32.0 Å². The zero-order chi connectivity index (χ0) is 15.8. The van der Waals surface area contributed by atoms with Crippen molar-refractivity contribution in [3.05, 3.63) is 42.0 Å². The zero-order valence-corrected chi connectivity index (χ0v) is 13.3. The number of hydrogen-bond donors (Lipinski definition) is 3. The number of amides is 1. The number of carbonyl (C=O) groups is 1. The first kappa shape index (κ1) is 17.0. The average molecular weight is 307 g/mol. The van der Waals surface area contributed by atoms with Gasteiger partial charge in [0, 0.05) is 6.54 Å². The van der Waals surface area contributed by atoms with Crippen LogP contribution >= 0.6 is 12.2 Å². The Bertz CT molecular complexity index is 511. The summed E-state index contributed by atoms with van der Waals surface area (Å²) in [5, 5.41) is 3.16. The summed E-state index contributed by atoms with van der Waals surface area (Å²) in [6.07, 6.45) is 1.03. The van der Waals surface area contributed by atoms with Crippen LogP contribution in [0, 0.1) is 13.8 Å². The van der Waals surface area contributed by atoms with E-state index in [0.29, 0.717) is 17.4 Å². The van der Waals surface area contributed by atoms with Crippen molar-refractivity contribution >= 4 is 23.2 Å². The summed E-state index contributed by atoms with van der Waals surface area (Å²) in [4.78, 5) is 11.9. The molecule has 5 nitrogen and oxygen atoms in total. The number of ether oxygens (including phenoxy) is 1. The Balaban J connectivity index is 2.47. The molecule has 0 fully saturated rings. The predicted molar refractivity (Wildman–Crippen MR) is 88.1 cm³/mol. The van der Waals surface area contributed by atoms with Crippen molar-refractivity contribution in [3.8, 4) is 5.75 Å².